The molecule has 1 fully saturated rings. The number of fused-ring (bicyclic) bond motifs is 4. The van der Waals surface area contributed by atoms with Crippen LogP contribution in [0.15, 0.2) is 23.0 Å². The first-order valence-corrected chi connectivity index (χ1v) is 8.25. The highest BCUT2D eigenvalue weighted by atomic mass is 35.5. The summed E-state index contributed by atoms with van der Waals surface area (Å²) in [4.78, 5) is 26.6. The van der Waals surface area contributed by atoms with Crippen molar-refractivity contribution < 1.29 is 4.79 Å². The minimum absolute atomic E-state index is 0. The molecule has 1 aromatic heterocycles. The Labute approximate surface area is 143 Å². The second-order valence-electron chi connectivity index (χ2n) is 6.85. The Morgan fingerprint density at radius 3 is 2.78 bits per heavy atom. The number of amides is 1. The van der Waals surface area contributed by atoms with Crippen LogP contribution in [0.4, 0.5) is 0 Å². The molecule has 0 aromatic carbocycles. The van der Waals surface area contributed by atoms with Crippen molar-refractivity contribution in [3.63, 3.8) is 0 Å². The van der Waals surface area contributed by atoms with Gasteiger partial charge in [-0.05, 0) is 24.3 Å². The lowest BCUT2D eigenvalue weighted by atomic mass is 9.82. The number of piperidine rings is 1. The van der Waals surface area contributed by atoms with Crippen molar-refractivity contribution in [2.45, 2.75) is 45.2 Å². The van der Waals surface area contributed by atoms with Gasteiger partial charge in [-0.2, -0.15) is 0 Å². The molecular formula is C17H26ClN3O2. The van der Waals surface area contributed by atoms with Crippen molar-refractivity contribution in [2.75, 3.05) is 13.1 Å². The minimum atomic E-state index is -0.415. The van der Waals surface area contributed by atoms with E-state index in [1.54, 1.807) is 6.07 Å². The monoisotopic (exact) mass is 339 g/mol. The molecule has 0 unspecified atom stereocenters. The summed E-state index contributed by atoms with van der Waals surface area (Å²) in [6.45, 7) is 6.21. The molecule has 2 aliphatic rings. The van der Waals surface area contributed by atoms with Gasteiger partial charge in [0.1, 0.15) is 0 Å². The number of hydrogen-bond donors (Lipinski definition) is 1. The van der Waals surface area contributed by atoms with Crippen LogP contribution in [0, 0.1) is 11.8 Å². The number of nitrogens with zero attached hydrogens (tertiary/aromatic N) is 2. The molecule has 1 aromatic rings. The Kier molecular flexibility index (Phi) is 5.53. The Balaban J connectivity index is 0.00000192. The van der Waals surface area contributed by atoms with Gasteiger partial charge in [0, 0.05) is 37.3 Å². The maximum Gasteiger partial charge on any atom is 0.250 e. The quantitative estimate of drug-likeness (QED) is 0.909. The van der Waals surface area contributed by atoms with Gasteiger partial charge in [0.15, 0.2) is 0 Å². The van der Waals surface area contributed by atoms with Crippen molar-refractivity contribution in [2.24, 2.45) is 17.6 Å². The van der Waals surface area contributed by atoms with Gasteiger partial charge in [0.25, 0.3) is 5.56 Å². The maximum atomic E-state index is 12.6. The van der Waals surface area contributed by atoms with Gasteiger partial charge in [-0.3, -0.25) is 9.59 Å². The van der Waals surface area contributed by atoms with Gasteiger partial charge < -0.3 is 15.2 Å². The van der Waals surface area contributed by atoms with Crippen molar-refractivity contribution >= 4 is 18.3 Å². The van der Waals surface area contributed by atoms with E-state index in [2.05, 4.69) is 6.92 Å². The number of halogens is 1. The highest BCUT2D eigenvalue weighted by Crippen LogP contribution is 2.35. The Hall–Kier alpha value is -1.33. The lowest BCUT2D eigenvalue weighted by molar-refractivity contribution is -0.136. The zero-order valence-electron chi connectivity index (χ0n) is 13.8. The molecule has 0 spiro atoms. The zero-order valence-corrected chi connectivity index (χ0v) is 14.6. The third-order valence-corrected chi connectivity index (χ3v) is 5.33. The summed E-state index contributed by atoms with van der Waals surface area (Å²) in [5, 5.41) is 0. The van der Waals surface area contributed by atoms with E-state index in [1.807, 2.05) is 28.5 Å². The standard InChI is InChI=1S/C17H25N3O2.ClH/c1-3-11(2)16(18)17(22)19-8-12-7-13(10-19)14-5-4-6-15(21)20(14)9-12;/h4-6,11-13,16H,3,7-10,18H2,1-2H3;1H/t11-,12+,13+,16-;/m0./s1. The van der Waals surface area contributed by atoms with Crippen molar-refractivity contribution in [1.29, 1.82) is 0 Å². The molecule has 3 heterocycles. The summed E-state index contributed by atoms with van der Waals surface area (Å²) in [6, 6.07) is 5.04. The number of nitrogens with two attached hydrogens (primary N) is 1. The molecule has 0 radical (unpaired) electrons. The molecule has 128 valence electrons. The van der Waals surface area contributed by atoms with E-state index in [9.17, 15) is 9.59 Å². The number of likely N-dealkylation sites (tertiary alicyclic amines) is 1. The fourth-order valence-corrected chi connectivity index (χ4v) is 3.78. The molecular weight excluding hydrogens is 314 g/mol. The maximum absolute atomic E-state index is 12.6. The highest BCUT2D eigenvalue weighted by molar-refractivity contribution is 5.85. The Morgan fingerprint density at radius 2 is 2.09 bits per heavy atom. The number of pyridine rings is 1. The van der Waals surface area contributed by atoms with E-state index < -0.39 is 6.04 Å². The van der Waals surface area contributed by atoms with Crippen LogP contribution < -0.4 is 11.3 Å². The van der Waals surface area contributed by atoms with E-state index in [4.69, 9.17) is 5.73 Å². The second-order valence-corrected chi connectivity index (χ2v) is 6.85. The Bertz CT molecular complexity index is 631. The van der Waals surface area contributed by atoms with E-state index in [0.29, 0.717) is 19.0 Å². The van der Waals surface area contributed by atoms with Crippen LogP contribution in [-0.4, -0.2) is 34.5 Å². The molecule has 2 N–H and O–H groups in total. The number of aromatic nitrogens is 1. The summed E-state index contributed by atoms with van der Waals surface area (Å²) < 4.78 is 1.88. The fraction of sp³-hybridized carbons (Fsp3) is 0.647. The van der Waals surface area contributed by atoms with E-state index >= 15 is 0 Å². The van der Waals surface area contributed by atoms with Crippen LogP contribution in [0.2, 0.25) is 0 Å². The lowest BCUT2D eigenvalue weighted by Gasteiger charge is -2.43. The van der Waals surface area contributed by atoms with Crippen LogP contribution in [0.25, 0.3) is 0 Å². The van der Waals surface area contributed by atoms with Gasteiger partial charge in [-0.25, -0.2) is 0 Å². The molecule has 0 saturated carbocycles. The molecule has 2 bridgehead atoms. The number of carbonyl (C=O) groups excluding carboxylic acids is 1. The summed E-state index contributed by atoms with van der Waals surface area (Å²) in [5.41, 5.74) is 7.27. The van der Waals surface area contributed by atoms with E-state index in [-0.39, 0.29) is 35.7 Å². The topological polar surface area (TPSA) is 68.3 Å². The van der Waals surface area contributed by atoms with Crippen LogP contribution >= 0.6 is 12.4 Å². The number of rotatable bonds is 3. The number of carbonyl (C=O) groups is 1. The molecule has 2 aliphatic heterocycles. The van der Waals surface area contributed by atoms with Gasteiger partial charge in [-0.15, -0.1) is 12.4 Å². The highest BCUT2D eigenvalue weighted by Gasteiger charge is 2.37. The third-order valence-electron chi connectivity index (χ3n) is 5.33. The minimum Gasteiger partial charge on any atom is -0.340 e. The van der Waals surface area contributed by atoms with Gasteiger partial charge >= 0.3 is 0 Å². The van der Waals surface area contributed by atoms with Crippen LogP contribution in [0.5, 0.6) is 0 Å². The molecule has 4 atom stereocenters. The second kappa shape index (κ2) is 7.05. The van der Waals surface area contributed by atoms with Crippen molar-refractivity contribution in [3.05, 3.63) is 34.2 Å². The van der Waals surface area contributed by atoms with Gasteiger partial charge in [0.05, 0.1) is 6.04 Å². The average molecular weight is 340 g/mol. The summed E-state index contributed by atoms with van der Waals surface area (Å²) >= 11 is 0. The average Bonchev–Trinajstić information content (AvgIpc) is 2.53. The normalized spacial score (nSPS) is 25.1. The zero-order chi connectivity index (χ0) is 15.9. The first-order chi connectivity index (χ1) is 10.5. The van der Waals surface area contributed by atoms with E-state index in [0.717, 1.165) is 25.1 Å². The SMILES string of the molecule is CC[C@H](C)[C@H](N)C(=O)N1C[C@H]2C[C@H](C1)c1cccc(=O)n1C2.Cl. The van der Waals surface area contributed by atoms with Gasteiger partial charge in [-0.1, -0.05) is 26.3 Å². The largest absolute Gasteiger partial charge is 0.340 e. The molecule has 5 nitrogen and oxygen atoms in total. The molecule has 3 rings (SSSR count). The smallest absolute Gasteiger partial charge is 0.250 e. The van der Waals surface area contributed by atoms with Crippen LogP contribution in [0.3, 0.4) is 0 Å². The molecule has 6 heteroatoms. The Morgan fingerprint density at radius 1 is 1.35 bits per heavy atom. The molecule has 0 aliphatic carbocycles. The van der Waals surface area contributed by atoms with Crippen molar-refractivity contribution in [3.8, 4) is 0 Å². The third kappa shape index (κ3) is 3.31. The molecule has 1 saturated heterocycles. The predicted molar refractivity (Wildman–Crippen MR) is 92.8 cm³/mol. The van der Waals surface area contributed by atoms with Crippen LogP contribution in [0.1, 0.15) is 38.3 Å². The molecule has 23 heavy (non-hydrogen) atoms. The number of hydrogen-bond acceptors (Lipinski definition) is 3. The van der Waals surface area contributed by atoms with Gasteiger partial charge in [0.2, 0.25) is 5.91 Å². The van der Waals surface area contributed by atoms with Crippen molar-refractivity contribution in [1.82, 2.24) is 9.47 Å². The lowest BCUT2D eigenvalue weighted by Crippen LogP contribution is -2.54. The predicted octanol–water partition coefficient (Wildman–Crippen LogP) is 1.59. The summed E-state index contributed by atoms with van der Waals surface area (Å²) in [6.07, 6.45) is 1.97. The van der Waals surface area contributed by atoms with Crippen LogP contribution in [-0.2, 0) is 11.3 Å². The first-order valence-electron chi connectivity index (χ1n) is 8.25. The summed E-state index contributed by atoms with van der Waals surface area (Å²) in [7, 11) is 0. The van der Waals surface area contributed by atoms with E-state index in [1.165, 1.54) is 0 Å². The first kappa shape index (κ1) is 18.0. The summed E-state index contributed by atoms with van der Waals surface area (Å²) in [5.74, 6) is 0.883. The fourth-order valence-electron chi connectivity index (χ4n) is 3.78. The molecule has 1 amide bonds.